The second-order valence-corrected chi connectivity index (χ2v) is 7.68. The first-order valence-corrected chi connectivity index (χ1v) is 9.84. The first-order chi connectivity index (χ1) is 12.7. The van der Waals surface area contributed by atoms with E-state index < -0.39 is 0 Å². The minimum atomic E-state index is 0.444. The Morgan fingerprint density at radius 3 is 2.73 bits per heavy atom. The van der Waals surface area contributed by atoms with Crippen LogP contribution in [0.5, 0.6) is 0 Å². The third-order valence-electron chi connectivity index (χ3n) is 5.29. The quantitative estimate of drug-likeness (QED) is 0.798. The highest BCUT2D eigenvalue weighted by molar-refractivity contribution is 6.30. The minimum absolute atomic E-state index is 0.444. The van der Waals surface area contributed by atoms with Crippen molar-refractivity contribution in [2.75, 3.05) is 39.3 Å². The number of aryl methyl sites for hydroxylation is 1. The summed E-state index contributed by atoms with van der Waals surface area (Å²) >= 11 is 6.08. The molecule has 0 radical (unpaired) electrons. The summed E-state index contributed by atoms with van der Waals surface area (Å²) in [5.74, 6) is 1.54. The van der Waals surface area contributed by atoms with E-state index in [1.807, 2.05) is 31.2 Å². The second kappa shape index (κ2) is 8.09. The Balaban J connectivity index is 1.33. The molecule has 5 nitrogen and oxygen atoms in total. The summed E-state index contributed by atoms with van der Waals surface area (Å²) in [5.41, 5.74) is 1.95. The number of aromatic nitrogens is 1. The summed E-state index contributed by atoms with van der Waals surface area (Å²) < 4.78 is 11.6. The van der Waals surface area contributed by atoms with Crippen molar-refractivity contribution in [2.45, 2.75) is 32.4 Å². The van der Waals surface area contributed by atoms with Gasteiger partial charge in [-0.2, -0.15) is 0 Å². The number of halogens is 1. The van der Waals surface area contributed by atoms with Crippen molar-refractivity contribution < 1.29 is 9.15 Å². The summed E-state index contributed by atoms with van der Waals surface area (Å²) in [6.07, 6.45) is 2.87. The molecule has 0 amide bonds. The number of oxazole rings is 1. The van der Waals surface area contributed by atoms with Crippen LogP contribution < -0.4 is 0 Å². The van der Waals surface area contributed by atoms with Crippen molar-refractivity contribution in [3.8, 4) is 11.5 Å². The molecule has 2 fully saturated rings. The maximum Gasteiger partial charge on any atom is 0.226 e. The SMILES string of the molecule is Cc1oc(-c2cccc(Cl)c2)nc1CN1CCN(CC2CCCO2)CC1. The van der Waals surface area contributed by atoms with Gasteiger partial charge in [-0.15, -0.1) is 0 Å². The lowest BCUT2D eigenvalue weighted by molar-refractivity contribution is 0.0486. The van der Waals surface area contributed by atoms with Crippen LogP contribution in [-0.2, 0) is 11.3 Å². The first kappa shape index (κ1) is 18.0. The van der Waals surface area contributed by atoms with Gasteiger partial charge in [0, 0.05) is 56.5 Å². The molecule has 1 aromatic heterocycles. The lowest BCUT2D eigenvalue weighted by Gasteiger charge is -2.35. The molecule has 1 aromatic carbocycles. The van der Waals surface area contributed by atoms with Crippen molar-refractivity contribution in [2.24, 2.45) is 0 Å². The normalized spacial score (nSPS) is 22.2. The molecule has 4 rings (SSSR count). The van der Waals surface area contributed by atoms with E-state index >= 15 is 0 Å². The molecule has 0 aliphatic carbocycles. The van der Waals surface area contributed by atoms with Gasteiger partial charge in [-0.05, 0) is 38.0 Å². The van der Waals surface area contributed by atoms with Crippen LogP contribution >= 0.6 is 11.6 Å². The fourth-order valence-electron chi connectivity index (χ4n) is 3.74. The number of ether oxygens (including phenoxy) is 1. The average Bonchev–Trinajstić information content (AvgIpc) is 3.27. The molecule has 2 saturated heterocycles. The molecule has 0 N–H and O–H groups in total. The van der Waals surface area contributed by atoms with Crippen LogP contribution in [0.4, 0.5) is 0 Å². The van der Waals surface area contributed by atoms with Crippen molar-refractivity contribution in [3.63, 3.8) is 0 Å². The predicted molar refractivity (Wildman–Crippen MR) is 102 cm³/mol. The van der Waals surface area contributed by atoms with Crippen LogP contribution in [0.2, 0.25) is 5.02 Å². The molecule has 0 bridgehead atoms. The zero-order chi connectivity index (χ0) is 17.9. The molecule has 6 heteroatoms. The Morgan fingerprint density at radius 1 is 1.19 bits per heavy atom. The summed E-state index contributed by atoms with van der Waals surface area (Å²) in [7, 11) is 0. The molecular formula is C20H26ClN3O2. The van der Waals surface area contributed by atoms with Crippen LogP contribution in [0.3, 0.4) is 0 Å². The highest BCUT2D eigenvalue weighted by Crippen LogP contribution is 2.25. The fourth-order valence-corrected chi connectivity index (χ4v) is 3.93. The maximum atomic E-state index is 6.08. The van der Waals surface area contributed by atoms with Crippen LogP contribution in [-0.4, -0.2) is 60.2 Å². The number of rotatable bonds is 5. The highest BCUT2D eigenvalue weighted by Gasteiger charge is 2.24. The largest absolute Gasteiger partial charge is 0.441 e. The van der Waals surface area contributed by atoms with Crippen LogP contribution in [0.1, 0.15) is 24.3 Å². The molecule has 0 saturated carbocycles. The standard InChI is InChI=1S/C20H26ClN3O2/c1-15-19(22-20(26-15)16-4-2-5-17(21)12-16)14-24-9-7-23(8-10-24)13-18-6-3-11-25-18/h2,4-5,12,18H,3,6-11,13-14H2,1H3. The lowest BCUT2D eigenvalue weighted by atomic mass is 10.2. The van der Waals surface area contributed by atoms with Gasteiger partial charge in [0.15, 0.2) is 0 Å². The van der Waals surface area contributed by atoms with E-state index in [9.17, 15) is 0 Å². The van der Waals surface area contributed by atoms with Gasteiger partial charge in [-0.25, -0.2) is 4.98 Å². The third kappa shape index (κ3) is 4.29. The van der Waals surface area contributed by atoms with E-state index in [-0.39, 0.29) is 0 Å². The van der Waals surface area contributed by atoms with Crippen molar-refractivity contribution in [1.29, 1.82) is 0 Å². The topological polar surface area (TPSA) is 41.7 Å². The minimum Gasteiger partial charge on any atom is -0.441 e. The smallest absolute Gasteiger partial charge is 0.226 e. The third-order valence-corrected chi connectivity index (χ3v) is 5.52. The summed E-state index contributed by atoms with van der Waals surface area (Å²) in [6, 6.07) is 7.65. The van der Waals surface area contributed by atoms with Crippen LogP contribution in [0.15, 0.2) is 28.7 Å². The van der Waals surface area contributed by atoms with E-state index in [1.165, 1.54) is 12.8 Å². The van der Waals surface area contributed by atoms with Gasteiger partial charge in [-0.3, -0.25) is 9.80 Å². The Morgan fingerprint density at radius 2 is 2.00 bits per heavy atom. The number of hydrogen-bond donors (Lipinski definition) is 0. The number of benzene rings is 1. The van der Waals surface area contributed by atoms with Crippen molar-refractivity contribution in [1.82, 2.24) is 14.8 Å². The van der Waals surface area contributed by atoms with Gasteiger partial charge < -0.3 is 9.15 Å². The van der Waals surface area contributed by atoms with Gasteiger partial charge in [0.1, 0.15) is 5.76 Å². The summed E-state index contributed by atoms with van der Waals surface area (Å²) in [5, 5.41) is 0.697. The van der Waals surface area contributed by atoms with E-state index in [0.717, 1.165) is 62.9 Å². The zero-order valence-electron chi connectivity index (χ0n) is 15.3. The number of hydrogen-bond acceptors (Lipinski definition) is 5. The van der Waals surface area contributed by atoms with Gasteiger partial charge in [0.25, 0.3) is 0 Å². The molecule has 1 atom stereocenters. The van der Waals surface area contributed by atoms with E-state index in [0.29, 0.717) is 17.0 Å². The number of piperazine rings is 1. The summed E-state index contributed by atoms with van der Waals surface area (Å²) in [4.78, 5) is 9.70. The lowest BCUT2D eigenvalue weighted by Crippen LogP contribution is -2.48. The van der Waals surface area contributed by atoms with Crippen molar-refractivity contribution >= 4 is 11.6 Å². The molecule has 3 heterocycles. The van der Waals surface area contributed by atoms with Gasteiger partial charge >= 0.3 is 0 Å². The molecule has 0 spiro atoms. The van der Waals surface area contributed by atoms with Gasteiger partial charge in [-0.1, -0.05) is 17.7 Å². The van der Waals surface area contributed by atoms with Crippen LogP contribution in [0.25, 0.3) is 11.5 Å². The van der Waals surface area contributed by atoms with E-state index in [1.54, 1.807) is 0 Å². The second-order valence-electron chi connectivity index (χ2n) is 7.24. The van der Waals surface area contributed by atoms with E-state index in [2.05, 4.69) is 9.80 Å². The fraction of sp³-hybridized carbons (Fsp3) is 0.550. The van der Waals surface area contributed by atoms with Crippen molar-refractivity contribution in [3.05, 3.63) is 40.7 Å². The van der Waals surface area contributed by atoms with Gasteiger partial charge in [0.2, 0.25) is 5.89 Å². The maximum absolute atomic E-state index is 6.08. The molecule has 26 heavy (non-hydrogen) atoms. The zero-order valence-corrected chi connectivity index (χ0v) is 16.0. The Hall–Kier alpha value is -1.40. The molecule has 2 aromatic rings. The monoisotopic (exact) mass is 375 g/mol. The Bertz CT molecular complexity index is 734. The first-order valence-electron chi connectivity index (χ1n) is 9.46. The van der Waals surface area contributed by atoms with Gasteiger partial charge in [0.05, 0.1) is 11.8 Å². The molecule has 2 aliphatic heterocycles. The Labute approximate surface area is 159 Å². The number of nitrogens with zero attached hydrogens (tertiary/aromatic N) is 3. The summed E-state index contributed by atoms with van der Waals surface area (Å²) in [6.45, 7) is 9.15. The van der Waals surface area contributed by atoms with Crippen LogP contribution in [0, 0.1) is 6.92 Å². The molecular weight excluding hydrogens is 350 g/mol. The molecule has 2 aliphatic rings. The highest BCUT2D eigenvalue weighted by atomic mass is 35.5. The predicted octanol–water partition coefficient (Wildman–Crippen LogP) is 3.60. The Kier molecular flexibility index (Phi) is 5.60. The average molecular weight is 376 g/mol. The van der Waals surface area contributed by atoms with E-state index in [4.69, 9.17) is 25.7 Å². The molecule has 1 unspecified atom stereocenters. The molecule has 140 valence electrons.